The standard InChI is InChI=1S/C7H12NO2/c1-2-10-7(9)6-3-4-8-5-6/h2,6,8H,3-5H2,1H3. The van der Waals surface area contributed by atoms with Crippen LogP contribution in [0, 0.1) is 12.5 Å². The lowest BCUT2D eigenvalue weighted by atomic mass is 10.1. The van der Waals surface area contributed by atoms with Gasteiger partial charge in [-0.15, -0.1) is 0 Å². The molecule has 1 atom stereocenters. The molecule has 0 spiro atoms. The van der Waals surface area contributed by atoms with E-state index < -0.39 is 0 Å². The van der Waals surface area contributed by atoms with Gasteiger partial charge in [-0.3, -0.25) is 4.79 Å². The van der Waals surface area contributed by atoms with Crippen molar-refractivity contribution in [1.29, 1.82) is 0 Å². The van der Waals surface area contributed by atoms with Crippen molar-refractivity contribution in [3.8, 4) is 0 Å². The molecule has 3 nitrogen and oxygen atoms in total. The van der Waals surface area contributed by atoms with Crippen LogP contribution in [0.25, 0.3) is 0 Å². The Morgan fingerprint density at radius 2 is 2.60 bits per heavy atom. The number of nitrogens with one attached hydrogen (secondary N) is 1. The highest BCUT2D eigenvalue weighted by molar-refractivity contribution is 5.73. The van der Waals surface area contributed by atoms with E-state index in [-0.39, 0.29) is 11.9 Å². The van der Waals surface area contributed by atoms with E-state index in [1.54, 1.807) is 6.92 Å². The van der Waals surface area contributed by atoms with Crippen LogP contribution < -0.4 is 5.32 Å². The molecule has 1 aliphatic heterocycles. The first-order chi connectivity index (χ1) is 4.84. The monoisotopic (exact) mass is 142 g/mol. The zero-order valence-corrected chi connectivity index (χ0v) is 6.09. The maximum Gasteiger partial charge on any atom is 0.310 e. The van der Waals surface area contributed by atoms with Gasteiger partial charge in [-0.2, -0.15) is 0 Å². The highest BCUT2D eigenvalue weighted by Crippen LogP contribution is 2.09. The van der Waals surface area contributed by atoms with Gasteiger partial charge >= 0.3 is 5.97 Å². The Morgan fingerprint density at radius 1 is 1.80 bits per heavy atom. The van der Waals surface area contributed by atoms with E-state index in [0.29, 0.717) is 0 Å². The Bertz CT molecular complexity index is 119. The number of ether oxygens (including phenoxy) is 1. The van der Waals surface area contributed by atoms with Gasteiger partial charge in [0.15, 0.2) is 0 Å². The number of esters is 1. The summed E-state index contributed by atoms with van der Waals surface area (Å²) >= 11 is 0. The van der Waals surface area contributed by atoms with Gasteiger partial charge in [-0.05, 0) is 19.9 Å². The van der Waals surface area contributed by atoms with Gasteiger partial charge in [0.2, 0.25) is 0 Å². The second-order valence-corrected chi connectivity index (χ2v) is 2.36. The molecule has 0 bridgehead atoms. The summed E-state index contributed by atoms with van der Waals surface area (Å²) in [6, 6.07) is 0. The first kappa shape index (κ1) is 7.54. The number of carbonyl (C=O) groups is 1. The van der Waals surface area contributed by atoms with E-state index in [2.05, 4.69) is 5.32 Å². The van der Waals surface area contributed by atoms with E-state index in [0.717, 1.165) is 19.5 Å². The normalized spacial score (nSPS) is 24.7. The van der Waals surface area contributed by atoms with Crippen molar-refractivity contribution in [3.63, 3.8) is 0 Å². The minimum absolute atomic E-state index is 0.0798. The molecule has 3 heteroatoms. The Balaban J connectivity index is 2.25. The van der Waals surface area contributed by atoms with Crippen LogP contribution in [0.15, 0.2) is 0 Å². The molecule has 0 aromatic rings. The lowest BCUT2D eigenvalue weighted by Crippen LogP contribution is -2.18. The Labute approximate surface area is 60.7 Å². The molecule has 1 heterocycles. The molecule has 1 saturated heterocycles. The molecule has 1 radical (unpaired) electrons. The summed E-state index contributed by atoms with van der Waals surface area (Å²) in [4.78, 5) is 11.0. The first-order valence-electron chi connectivity index (χ1n) is 3.53. The average molecular weight is 142 g/mol. The summed E-state index contributed by atoms with van der Waals surface area (Å²) in [5, 5.41) is 3.10. The number of hydrogen-bond acceptors (Lipinski definition) is 3. The summed E-state index contributed by atoms with van der Waals surface area (Å²) in [5.74, 6) is -0.0244. The number of hydrogen-bond donors (Lipinski definition) is 1. The summed E-state index contributed by atoms with van der Waals surface area (Å²) < 4.78 is 4.72. The fraction of sp³-hybridized carbons (Fsp3) is 0.714. The van der Waals surface area contributed by atoms with Crippen LogP contribution in [-0.4, -0.2) is 19.1 Å². The van der Waals surface area contributed by atoms with Crippen molar-refractivity contribution < 1.29 is 9.53 Å². The van der Waals surface area contributed by atoms with E-state index in [4.69, 9.17) is 4.74 Å². The predicted octanol–water partition coefficient (Wildman–Crippen LogP) is 0.321. The highest BCUT2D eigenvalue weighted by Gasteiger charge is 2.22. The third-order valence-corrected chi connectivity index (χ3v) is 1.63. The van der Waals surface area contributed by atoms with Crippen LogP contribution in [0.5, 0.6) is 0 Å². The van der Waals surface area contributed by atoms with E-state index in [1.165, 1.54) is 6.61 Å². The number of carbonyl (C=O) groups excluding carboxylic acids is 1. The summed E-state index contributed by atoms with van der Waals surface area (Å²) in [5.41, 5.74) is 0. The fourth-order valence-corrected chi connectivity index (χ4v) is 1.07. The SMILES string of the molecule is C[CH]OC(=O)C1CCNC1. The zero-order chi connectivity index (χ0) is 7.40. The second kappa shape index (κ2) is 3.56. The zero-order valence-electron chi connectivity index (χ0n) is 6.09. The van der Waals surface area contributed by atoms with E-state index >= 15 is 0 Å². The Morgan fingerprint density at radius 3 is 3.10 bits per heavy atom. The maximum absolute atomic E-state index is 11.0. The second-order valence-electron chi connectivity index (χ2n) is 2.36. The van der Waals surface area contributed by atoms with Crippen molar-refractivity contribution >= 4 is 5.97 Å². The van der Waals surface area contributed by atoms with E-state index in [1.807, 2.05) is 0 Å². The summed E-state index contributed by atoms with van der Waals surface area (Å²) in [6.45, 7) is 4.84. The molecule has 0 aromatic heterocycles. The molecular formula is C7H12NO2. The van der Waals surface area contributed by atoms with Gasteiger partial charge in [-0.25, -0.2) is 0 Å². The molecule has 0 saturated carbocycles. The smallest absolute Gasteiger partial charge is 0.310 e. The van der Waals surface area contributed by atoms with Crippen molar-refractivity contribution in [3.05, 3.63) is 6.61 Å². The molecule has 1 unspecified atom stereocenters. The molecule has 57 valence electrons. The molecule has 1 aliphatic rings. The van der Waals surface area contributed by atoms with Gasteiger partial charge in [0.1, 0.15) is 6.61 Å². The maximum atomic E-state index is 11.0. The van der Waals surface area contributed by atoms with Crippen molar-refractivity contribution in [2.75, 3.05) is 13.1 Å². The van der Waals surface area contributed by atoms with Crippen molar-refractivity contribution in [2.45, 2.75) is 13.3 Å². The third kappa shape index (κ3) is 1.70. The van der Waals surface area contributed by atoms with Gasteiger partial charge in [0.05, 0.1) is 5.92 Å². The van der Waals surface area contributed by atoms with Crippen molar-refractivity contribution in [1.82, 2.24) is 5.32 Å². The average Bonchev–Trinajstić information content (AvgIpc) is 2.38. The quantitative estimate of drug-likeness (QED) is 0.564. The molecule has 1 N–H and O–H groups in total. The van der Waals surface area contributed by atoms with Gasteiger partial charge in [0, 0.05) is 6.54 Å². The van der Waals surface area contributed by atoms with Gasteiger partial charge in [0.25, 0.3) is 0 Å². The molecule has 1 fully saturated rings. The van der Waals surface area contributed by atoms with Gasteiger partial charge in [-0.1, -0.05) is 0 Å². The molecule has 0 amide bonds. The lowest BCUT2D eigenvalue weighted by molar-refractivity contribution is -0.144. The molecule has 0 aromatic carbocycles. The molecule has 1 rings (SSSR count). The summed E-state index contributed by atoms with van der Waals surface area (Å²) in [7, 11) is 0. The number of rotatable bonds is 2. The predicted molar refractivity (Wildman–Crippen MR) is 37.0 cm³/mol. The Hall–Kier alpha value is -0.570. The van der Waals surface area contributed by atoms with Crippen LogP contribution in [0.3, 0.4) is 0 Å². The van der Waals surface area contributed by atoms with Crippen LogP contribution in [0.2, 0.25) is 0 Å². The fourth-order valence-electron chi connectivity index (χ4n) is 1.07. The van der Waals surface area contributed by atoms with Gasteiger partial charge < -0.3 is 10.1 Å². The summed E-state index contributed by atoms with van der Waals surface area (Å²) in [6.07, 6.45) is 0.909. The largest absolute Gasteiger partial charge is 0.458 e. The topological polar surface area (TPSA) is 38.3 Å². The Kier molecular flexibility index (Phi) is 2.68. The third-order valence-electron chi connectivity index (χ3n) is 1.63. The molecule has 0 aliphatic carbocycles. The molecule has 10 heavy (non-hydrogen) atoms. The highest BCUT2D eigenvalue weighted by atomic mass is 16.5. The van der Waals surface area contributed by atoms with Crippen molar-refractivity contribution in [2.24, 2.45) is 5.92 Å². The first-order valence-corrected chi connectivity index (χ1v) is 3.53. The minimum Gasteiger partial charge on any atom is -0.458 e. The van der Waals surface area contributed by atoms with Crippen LogP contribution >= 0.6 is 0 Å². The van der Waals surface area contributed by atoms with Crippen LogP contribution in [-0.2, 0) is 9.53 Å². The lowest BCUT2D eigenvalue weighted by Gasteiger charge is -2.05. The minimum atomic E-state index is -0.104. The van der Waals surface area contributed by atoms with Crippen LogP contribution in [0.4, 0.5) is 0 Å². The van der Waals surface area contributed by atoms with E-state index in [9.17, 15) is 4.79 Å². The molecular weight excluding hydrogens is 130 g/mol. The van der Waals surface area contributed by atoms with Crippen LogP contribution in [0.1, 0.15) is 13.3 Å².